The van der Waals surface area contributed by atoms with Crippen molar-refractivity contribution >= 4 is 21.6 Å². The van der Waals surface area contributed by atoms with Gasteiger partial charge in [0.1, 0.15) is 18.2 Å². The third kappa shape index (κ3) is 3.29. The zero-order valence-electron chi connectivity index (χ0n) is 9.68. The molecule has 98 valence electrons. The molecule has 6 heteroatoms. The van der Waals surface area contributed by atoms with Crippen LogP contribution >= 0.6 is 15.9 Å². The van der Waals surface area contributed by atoms with Crippen molar-refractivity contribution in [3.8, 4) is 5.75 Å². The molecular formula is C13H9BrFNO3. The summed E-state index contributed by atoms with van der Waals surface area (Å²) in [4.78, 5) is 10.1. The molecule has 2 aromatic carbocycles. The smallest absolute Gasteiger partial charge is 0.283 e. The predicted octanol–water partition coefficient (Wildman–Crippen LogP) is 4.08. The van der Waals surface area contributed by atoms with Crippen molar-refractivity contribution in [3.05, 3.63) is 68.4 Å². The normalized spacial score (nSPS) is 10.2. The van der Waals surface area contributed by atoms with Crippen LogP contribution in [0.15, 0.2) is 46.9 Å². The Kier molecular flexibility index (Phi) is 4.11. The van der Waals surface area contributed by atoms with Crippen LogP contribution in [0, 0.1) is 15.9 Å². The molecule has 2 aromatic rings. The van der Waals surface area contributed by atoms with Crippen molar-refractivity contribution in [2.24, 2.45) is 0 Å². The topological polar surface area (TPSA) is 52.4 Å². The SMILES string of the molecule is O=[N+]([O-])c1ccc(OCc2ccccc2F)cc1Br. The van der Waals surface area contributed by atoms with Gasteiger partial charge in [-0.2, -0.15) is 0 Å². The number of nitro benzene ring substituents is 1. The summed E-state index contributed by atoms with van der Waals surface area (Å²) in [6, 6.07) is 10.6. The first-order valence-electron chi connectivity index (χ1n) is 5.38. The Morgan fingerprint density at radius 2 is 2.00 bits per heavy atom. The molecule has 0 radical (unpaired) electrons. The van der Waals surface area contributed by atoms with Crippen molar-refractivity contribution in [2.45, 2.75) is 6.61 Å². The second-order valence-electron chi connectivity index (χ2n) is 3.75. The van der Waals surface area contributed by atoms with Crippen molar-refractivity contribution in [3.63, 3.8) is 0 Å². The largest absolute Gasteiger partial charge is 0.489 e. The lowest BCUT2D eigenvalue weighted by atomic mass is 10.2. The zero-order chi connectivity index (χ0) is 13.8. The van der Waals surface area contributed by atoms with Gasteiger partial charge in [0.25, 0.3) is 5.69 Å². The average Bonchev–Trinajstić information content (AvgIpc) is 2.37. The van der Waals surface area contributed by atoms with E-state index >= 15 is 0 Å². The van der Waals surface area contributed by atoms with E-state index < -0.39 is 4.92 Å². The highest BCUT2D eigenvalue weighted by Crippen LogP contribution is 2.29. The van der Waals surface area contributed by atoms with Crippen LogP contribution in [0.2, 0.25) is 0 Å². The van der Waals surface area contributed by atoms with Crippen LogP contribution < -0.4 is 4.74 Å². The van der Waals surface area contributed by atoms with Gasteiger partial charge in [-0.1, -0.05) is 18.2 Å². The highest BCUT2D eigenvalue weighted by atomic mass is 79.9. The summed E-state index contributed by atoms with van der Waals surface area (Å²) < 4.78 is 19.1. The second-order valence-corrected chi connectivity index (χ2v) is 4.60. The molecule has 0 N–H and O–H groups in total. The molecule has 0 saturated heterocycles. The van der Waals surface area contributed by atoms with Crippen LogP contribution in [0.4, 0.5) is 10.1 Å². The quantitative estimate of drug-likeness (QED) is 0.628. The van der Waals surface area contributed by atoms with Crippen molar-refractivity contribution in [2.75, 3.05) is 0 Å². The van der Waals surface area contributed by atoms with Crippen LogP contribution in [0.3, 0.4) is 0 Å². The summed E-state index contributed by atoms with van der Waals surface area (Å²) >= 11 is 3.09. The third-order valence-electron chi connectivity index (χ3n) is 2.47. The first-order chi connectivity index (χ1) is 9.08. The molecule has 0 spiro atoms. The van der Waals surface area contributed by atoms with Gasteiger partial charge < -0.3 is 4.74 Å². The van der Waals surface area contributed by atoms with Gasteiger partial charge in [0, 0.05) is 17.7 Å². The number of halogens is 2. The van der Waals surface area contributed by atoms with Crippen molar-refractivity contribution in [1.29, 1.82) is 0 Å². The summed E-state index contributed by atoms with van der Waals surface area (Å²) in [5, 5.41) is 10.6. The number of benzene rings is 2. The van der Waals surface area contributed by atoms with Gasteiger partial charge in [-0.05, 0) is 28.1 Å². The van der Waals surface area contributed by atoms with Crippen molar-refractivity contribution < 1.29 is 14.1 Å². The Morgan fingerprint density at radius 3 is 2.63 bits per heavy atom. The second kappa shape index (κ2) is 5.79. The van der Waals surface area contributed by atoms with Gasteiger partial charge in [0.15, 0.2) is 0 Å². The summed E-state index contributed by atoms with van der Waals surface area (Å²) in [7, 11) is 0. The number of ether oxygens (including phenoxy) is 1. The van der Waals surface area contributed by atoms with Crippen molar-refractivity contribution in [1.82, 2.24) is 0 Å². The molecule has 19 heavy (non-hydrogen) atoms. The molecule has 2 rings (SSSR count). The Bertz CT molecular complexity index is 619. The first-order valence-corrected chi connectivity index (χ1v) is 6.17. The third-order valence-corrected chi connectivity index (χ3v) is 3.10. The summed E-state index contributed by atoms with van der Waals surface area (Å²) in [5.41, 5.74) is 0.384. The fraction of sp³-hybridized carbons (Fsp3) is 0.0769. The van der Waals surface area contributed by atoms with Crippen LogP contribution in [-0.2, 0) is 6.61 Å². The fourth-order valence-corrected chi connectivity index (χ4v) is 2.00. The molecule has 0 saturated carbocycles. The minimum atomic E-state index is -0.495. The van der Waals surface area contributed by atoms with Gasteiger partial charge in [-0.3, -0.25) is 10.1 Å². The summed E-state index contributed by atoms with van der Waals surface area (Å²) in [6.07, 6.45) is 0. The first kappa shape index (κ1) is 13.5. The lowest BCUT2D eigenvalue weighted by Crippen LogP contribution is -1.98. The van der Waals surface area contributed by atoms with E-state index in [1.807, 2.05) is 0 Å². The molecule has 4 nitrogen and oxygen atoms in total. The van der Waals surface area contributed by atoms with E-state index in [0.717, 1.165) is 0 Å². The van der Waals surface area contributed by atoms with Gasteiger partial charge >= 0.3 is 0 Å². The van der Waals surface area contributed by atoms with Gasteiger partial charge in [0.05, 0.1) is 9.40 Å². The average molecular weight is 326 g/mol. The molecule has 0 atom stereocenters. The molecule has 0 bridgehead atoms. The van der Waals surface area contributed by atoms with Gasteiger partial charge in [-0.25, -0.2) is 4.39 Å². The van der Waals surface area contributed by atoms with E-state index in [9.17, 15) is 14.5 Å². The van der Waals surface area contributed by atoms with E-state index in [-0.39, 0.29) is 18.1 Å². The number of hydrogen-bond donors (Lipinski definition) is 0. The minimum absolute atomic E-state index is 0.0433. The molecule has 0 aromatic heterocycles. The van der Waals surface area contributed by atoms with E-state index in [4.69, 9.17) is 4.74 Å². The maximum atomic E-state index is 13.4. The monoisotopic (exact) mass is 325 g/mol. The zero-order valence-corrected chi connectivity index (χ0v) is 11.3. The molecule has 0 aliphatic carbocycles. The van der Waals surface area contributed by atoms with Crippen LogP contribution in [0.25, 0.3) is 0 Å². The maximum absolute atomic E-state index is 13.4. The van der Waals surface area contributed by atoms with Gasteiger partial charge in [0.2, 0.25) is 0 Å². The van der Waals surface area contributed by atoms with E-state index in [0.29, 0.717) is 15.8 Å². The van der Waals surface area contributed by atoms with Crippen LogP contribution in [0.1, 0.15) is 5.56 Å². The molecule has 0 fully saturated rings. The highest BCUT2D eigenvalue weighted by molar-refractivity contribution is 9.10. The molecule has 0 heterocycles. The lowest BCUT2D eigenvalue weighted by Gasteiger charge is -2.07. The summed E-state index contributed by atoms with van der Waals surface area (Å²) in [6.45, 7) is 0.0664. The maximum Gasteiger partial charge on any atom is 0.283 e. The summed E-state index contributed by atoms with van der Waals surface area (Å²) in [5.74, 6) is 0.0872. The molecule has 0 aliphatic heterocycles. The predicted molar refractivity (Wildman–Crippen MR) is 71.5 cm³/mol. The number of hydrogen-bond acceptors (Lipinski definition) is 3. The fourth-order valence-electron chi connectivity index (χ4n) is 1.50. The molecular weight excluding hydrogens is 317 g/mol. The van der Waals surface area contributed by atoms with Gasteiger partial charge in [-0.15, -0.1) is 0 Å². The number of rotatable bonds is 4. The molecule has 0 amide bonds. The molecule has 0 unspecified atom stereocenters. The Morgan fingerprint density at radius 1 is 1.26 bits per heavy atom. The van der Waals surface area contributed by atoms with Crippen LogP contribution in [-0.4, -0.2) is 4.92 Å². The van der Waals surface area contributed by atoms with E-state index in [1.54, 1.807) is 18.2 Å². The Hall–Kier alpha value is -1.95. The highest BCUT2D eigenvalue weighted by Gasteiger charge is 2.12. The Balaban J connectivity index is 2.11. The van der Waals surface area contributed by atoms with E-state index in [1.165, 1.54) is 24.3 Å². The standard InChI is InChI=1S/C13H9BrFNO3/c14-11-7-10(5-6-13(11)16(17)18)19-8-9-3-1-2-4-12(9)15/h1-7H,8H2. The van der Waals surface area contributed by atoms with Crippen LogP contribution in [0.5, 0.6) is 5.75 Å². The number of nitrogens with zero attached hydrogens (tertiary/aromatic N) is 1. The van der Waals surface area contributed by atoms with E-state index in [2.05, 4.69) is 15.9 Å². The lowest BCUT2D eigenvalue weighted by molar-refractivity contribution is -0.385. The number of nitro groups is 1. The Labute approximate surface area is 117 Å². The molecule has 0 aliphatic rings. The minimum Gasteiger partial charge on any atom is -0.489 e.